The monoisotopic (exact) mass is 206 g/mol. The van der Waals surface area contributed by atoms with Gasteiger partial charge in [-0.1, -0.05) is 6.08 Å². The Kier molecular flexibility index (Phi) is 5.51. The van der Waals surface area contributed by atoms with Gasteiger partial charge in [-0.25, -0.2) is 0 Å². The average Bonchev–Trinajstić information content (AvgIpc) is 2.23. The minimum absolute atomic E-state index is 0.816. The van der Waals surface area contributed by atoms with Crippen molar-refractivity contribution >= 4 is 5.78 Å². The van der Waals surface area contributed by atoms with E-state index in [4.69, 9.17) is 25.5 Å². The molecule has 6 nitrogen and oxygen atoms in total. The van der Waals surface area contributed by atoms with Crippen LogP contribution in [-0.4, -0.2) is 62.3 Å². The predicted molar refractivity (Wildman–Crippen MR) is 46.3 cm³/mol. The molecule has 0 fully saturated rings. The first kappa shape index (κ1) is 13.2. The molecule has 6 heteroatoms. The summed E-state index contributed by atoms with van der Waals surface area (Å²) in [7, 11) is 0. The van der Waals surface area contributed by atoms with Crippen molar-refractivity contribution in [2.75, 3.05) is 6.61 Å². The number of rotatable bonds is 6. The smallest absolute Gasteiger partial charge is 0.195 e. The van der Waals surface area contributed by atoms with Gasteiger partial charge < -0.3 is 25.5 Å². The van der Waals surface area contributed by atoms with E-state index in [1.165, 1.54) is 0 Å². The highest BCUT2D eigenvalue weighted by Gasteiger charge is 2.32. The molecular formula is C8H14O6. The maximum atomic E-state index is 11.1. The molecule has 5 N–H and O–H groups in total. The number of hydrogen-bond acceptors (Lipinski definition) is 6. The van der Waals surface area contributed by atoms with E-state index >= 15 is 0 Å². The van der Waals surface area contributed by atoms with E-state index in [2.05, 4.69) is 6.58 Å². The predicted octanol–water partition coefficient (Wildman–Crippen LogP) is -2.82. The van der Waals surface area contributed by atoms with Crippen LogP contribution < -0.4 is 0 Å². The number of carbonyl (C=O) groups excluding carboxylic acids is 1. The molecule has 0 aromatic carbocycles. The van der Waals surface area contributed by atoms with Crippen LogP contribution in [0, 0.1) is 0 Å². The van der Waals surface area contributed by atoms with Crippen molar-refractivity contribution in [1.29, 1.82) is 0 Å². The van der Waals surface area contributed by atoms with Crippen molar-refractivity contribution in [1.82, 2.24) is 0 Å². The second-order valence-corrected chi connectivity index (χ2v) is 2.77. The lowest BCUT2D eigenvalue weighted by Crippen LogP contribution is -2.46. The van der Waals surface area contributed by atoms with Gasteiger partial charge in [-0.15, -0.1) is 6.58 Å². The lowest BCUT2D eigenvalue weighted by molar-refractivity contribution is -0.147. The lowest BCUT2D eigenvalue weighted by Gasteiger charge is -2.19. The largest absolute Gasteiger partial charge is 0.394 e. The summed E-state index contributed by atoms with van der Waals surface area (Å²) in [5.74, 6) is -1.17. The third-order valence-electron chi connectivity index (χ3n) is 1.70. The van der Waals surface area contributed by atoms with Gasteiger partial charge in [0.1, 0.15) is 24.4 Å². The number of aliphatic hydroxyl groups excluding tert-OH is 5. The number of carbonyl (C=O) groups is 1. The normalized spacial score (nSPS) is 19.5. The van der Waals surface area contributed by atoms with Crippen LogP contribution >= 0.6 is 0 Å². The second-order valence-electron chi connectivity index (χ2n) is 2.77. The molecule has 0 spiro atoms. The number of hydrogen-bond donors (Lipinski definition) is 5. The van der Waals surface area contributed by atoms with Crippen LogP contribution in [0.15, 0.2) is 12.7 Å². The van der Waals surface area contributed by atoms with E-state index in [0.717, 1.165) is 6.08 Å². The van der Waals surface area contributed by atoms with Crippen LogP contribution in [0.25, 0.3) is 0 Å². The molecule has 0 aliphatic rings. The van der Waals surface area contributed by atoms with E-state index in [1.807, 2.05) is 0 Å². The number of ketones is 1. The van der Waals surface area contributed by atoms with Crippen LogP contribution in [0.5, 0.6) is 0 Å². The Morgan fingerprint density at radius 1 is 1.21 bits per heavy atom. The fraction of sp³-hybridized carbons (Fsp3) is 0.625. The average molecular weight is 206 g/mol. The fourth-order valence-corrected chi connectivity index (χ4v) is 0.762. The van der Waals surface area contributed by atoms with Crippen LogP contribution in [0.4, 0.5) is 0 Å². The zero-order valence-electron chi connectivity index (χ0n) is 7.45. The summed E-state index contributed by atoms with van der Waals surface area (Å²) in [6, 6.07) is 0. The quantitative estimate of drug-likeness (QED) is 0.299. The van der Waals surface area contributed by atoms with Crippen molar-refractivity contribution in [2.45, 2.75) is 24.4 Å². The molecule has 0 aromatic rings. The molecule has 14 heavy (non-hydrogen) atoms. The first-order valence-corrected chi connectivity index (χ1v) is 3.95. The first-order valence-electron chi connectivity index (χ1n) is 3.95. The zero-order chi connectivity index (χ0) is 11.3. The fourth-order valence-electron chi connectivity index (χ4n) is 0.762. The Morgan fingerprint density at radius 2 is 1.71 bits per heavy atom. The number of Topliss-reactive ketones (excluding diaryl/α,β-unsaturated/α-hetero) is 1. The molecule has 0 heterocycles. The molecule has 0 saturated carbocycles. The van der Waals surface area contributed by atoms with E-state index in [1.54, 1.807) is 0 Å². The van der Waals surface area contributed by atoms with Crippen LogP contribution in [0.2, 0.25) is 0 Å². The van der Waals surface area contributed by atoms with E-state index < -0.39 is 36.8 Å². The molecule has 82 valence electrons. The van der Waals surface area contributed by atoms with Gasteiger partial charge in [0, 0.05) is 0 Å². The molecule has 0 rings (SSSR count). The van der Waals surface area contributed by atoms with Crippen molar-refractivity contribution < 1.29 is 30.3 Å². The summed E-state index contributed by atoms with van der Waals surface area (Å²) in [5.41, 5.74) is 0. The topological polar surface area (TPSA) is 118 Å². The molecule has 0 bridgehead atoms. The standard InChI is InChI=1S/C8H14O6/c1-2-4(10)6(12)8(14)7(13)5(11)3-9/h2,4-7,9-13H,1,3H2/t4?,5-,6+,7+/m0/s1. The highest BCUT2D eigenvalue weighted by Crippen LogP contribution is 2.03. The summed E-state index contributed by atoms with van der Waals surface area (Å²) in [6.07, 6.45) is -6.05. The summed E-state index contributed by atoms with van der Waals surface area (Å²) >= 11 is 0. The van der Waals surface area contributed by atoms with Crippen LogP contribution in [0.1, 0.15) is 0 Å². The highest BCUT2D eigenvalue weighted by atomic mass is 16.4. The van der Waals surface area contributed by atoms with Gasteiger partial charge in [0.25, 0.3) is 0 Å². The molecule has 1 unspecified atom stereocenters. The summed E-state index contributed by atoms with van der Waals surface area (Å²) < 4.78 is 0. The van der Waals surface area contributed by atoms with Gasteiger partial charge in [0.05, 0.1) is 6.61 Å². The Morgan fingerprint density at radius 3 is 2.07 bits per heavy atom. The molecular weight excluding hydrogens is 192 g/mol. The Balaban J connectivity index is 4.38. The van der Waals surface area contributed by atoms with Crippen molar-refractivity contribution in [2.24, 2.45) is 0 Å². The highest BCUT2D eigenvalue weighted by molar-refractivity contribution is 5.88. The zero-order valence-corrected chi connectivity index (χ0v) is 7.45. The first-order chi connectivity index (χ1) is 6.45. The van der Waals surface area contributed by atoms with E-state index in [0.29, 0.717) is 0 Å². The maximum absolute atomic E-state index is 11.1. The Hall–Kier alpha value is -0.790. The third-order valence-corrected chi connectivity index (χ3v) is 1.70. The molecule has 4 atom stereocenters. The van der Waals surface area contributed by atoms with E-state index in [9.17, 15) is 4.79 Å². The minimum Gasteiger partial charge on any atom is -0.394 e. The Bertz CT molecular complexity index is 204. The summed E-state index contributed by atoms with van der Waals surface area (Å²) in [5, 5.41) is 44.3. The molecule has 0 amide bonds. The van der Waals surface area contributed by atoms with Gasteiger partial charge in [-0.3, -0.25) is 4.79 Å². The molecule has 0 saturated heterocycles. The Labute approximate surface area is 80.7 Å². The minimum atomic E-state index is -1.93. The van der Waals surface area contributed by atoms with Gasteiger partial charge >= 0.3 is 0 Å². The van der Waals surface area contributed by atoms with Crippen molar-refractivity contribution in [3.05, 3.63) is 12.7 Å². The third kappa shape index (κ3) is 3.17. The van der Waals surface area contributed by atoms with Crippen molar-refractivity contribution in [3.63, 3.8) is 0 Å². The van der Waals surface area contributed by atoms with E-state index in [-0.39, 0.29) is 0 Å². The SMILES string of the molecule is C=CC(O)[C@@H](O)C(=O)[C@H](O)[C@@H](O)CO. The summed E-state index contributed by atoms with van der Waals surface area (Å²) in [4.78, 5) is 11.1. The molecule has 0 aliphatic heterocycles. The molecule has 0 radical (unpaired) electrons. The molecule has 0 aromatic heterocycles. The lowest BCUT2D eigenvalue weighted by atomic mass is 10.0. The van der Waals surface area contributed by atoms with Gasteiger partial charge in [-0.05, 0) is 0 Å². The second kappa shape index (κ2) is 5.84. The molecule has 0 aliphatic carbocycles. The van der Waals surface area contributed by atoms with Gasteiger partial charge in [-0.2, -0.15) is 0 Å². The van der Waals surface area contributed by atoms with Crippen LogP contribution in [0.3, 0.4) is 0 Å². The van der Waals surface area contributed by atoms with Gasteiger partial charge in [0.2, 0.25) is 0 Å². The van der Waals surface area contributed by atoms with Crippen LogP contribution in [-0.2, 0) is 4.79 Å². The number of aliphatic hydroxyl groups is 5. The summed E-state index contributed by atoms with van der Waals surface area (Å²) in [6.45, 7) is 2.32. The van der Waals surface area contributed by atoms with Gasteiger partial charge in [0.15, 0.2) is 5.78 Å². The maximum Gasteiger partial charge on any atom is 0.195 e. The van der Waals surface area contributed by atoms with Crippen molar-refractivity contribution in [3.8, 4) is 0 Å².